The molecule has 3 heteroatoms. The Morgan fingerprint density at radius 1 is 1.36 bits per heavy atom. The fourth-order valence-electron chi connectivity index (χ4n) is 1.70. The Morgan fingerprint density at radius 2 is 1.93 bits per heavy atom. The van der Waals surface area contributed by atoms with Gasteiger partial charge in [0.15, 0.2) is 0 Å². The number of hydrogen-bond donors (Lipinski definition) is 2. The van der Waals surface area contributed by atoms with Crippen LogP contribution in [0.15, 0.2) is 0 Å². The molecule has 82 valence electrons. The first-order chi connectivity index (χ1) is 6.56. The first kappa shape index (κ1) is 11.5. The number of aliphatic hydroxyl groups excluding tert-OH is 1. The van der Waals surface area contributed by atoms with Gasteiger partial charge in [-0.2, -0.15) is 0 Å². The fraction of sp³-hybridized carbons (Fsp3) is 0.909. The minimum absolute atomic E-state index is 0.0214. The van der Waals surface area contributed by atoms with Crippen LogP contribution < -0.4 is 5.32 Å². The fourth-order valence-corrected chi connectivity index (χ4v) is 1.70. The molecule has 1 aliphatic rings. The molecule has 1 fully saturated rings. The minimum Gasteiger partial charge on any atom is -0.395 e. The van der Waals surface area contributed by atoms with E-state index < -0.39 is 5.41 Å². The maximum atomic E-state index is 11.7. The SMILES string of the molecule is CC(C)(CO)C(=O)NC1CCCCC1. The Balaban J connectivity index is 2.39. The summed E-state index contributed by atoms with van der Waals surface area (Å²) in [5.74, 6) is -0.0214. The summed E-state index contributed by atoms with van der Waals surface area (Å²) in [6, 6.07) is 0.335. The van der Waals surface area contributed by atoms with Crippen molar-refractivity contribution in [1.82, 2.24) is 5.32 Å². The van der Waals surface area contributed by atoms with Crippen LogP contribution in [0.5, 0.6) is 0 Å². The molecule has 3 nitrogen and oxygen atoms in total. The molecule has 1 saturated carbocycles. The molecule has 0 bridgehead atoms. The number of carbonyl (C=O) groups is 1. The van der Waals surface area contributed by atoms with E-state index in [1.807, 2.05) is 0 Å². The summed E-state index contributed by atoms with van der Waals surface area (Å²) in [6.07, 6.45) is 5.89. The van der Waals surface area contributed by atoms with Crippen molar-refractivity contribution in [2.75, 3.05) is 6.61 Å². The average molecular weight is 199 g/mol. The number of amides is 1. The van der Waals surface area contributed by atoms with Gasteiger partial charge in [-0.3, -0.25) is 4.79 Å². The zero-order chi connectivity index (χ0) is 10.6. The smallest absolute Gasteiger partial charge is 0.228 e. The number of aliphatic hydroxyl groups is 1. The van der Waals surface area contributed by atoms with Gasteiger partial charge >= 0.3 is 0 Å². The molecule has 1 aliphatic carbocycles. The minimum atomic E-state index is -0.641. The van der Waals surface area contributed by atoms with Gasteiger partial charge in [0, 0.05) is 6.04 Å². The molecular weight excluding hydrogens is 178 g/mol. The van der Waals surface area contributed by atoms with E-state index in [9.17, 15) is 4.79 Å². The number of nitrogens with one attached hydrogen (secondary N) is 1. The van der Waals surface area contributed by atoms with Crippen molar-refractivity contribution in [1.29, 1.82) is 0 Å². The molecule has 2 N–H and O–H groups in total. The van der Waals surface area contributed by atoms with E-state index in [2.05, 4.69) is 5.32 Å². The van der Waals surface area contributed by atoms with E-state index >= 15 is 0 Å². The predicted molar refractivity (Wildman–Crippen MR) is 55.9 cm³/mol. The lowest BCUT2D eigenvalue weighted by molar-refractivity contribution is -0.132. The van der Waals surface area contributed by atoms with Gasteiger partial charge in [-0.05, 0) is 26.7 Å². The number of carbonyl (C=O) groups excluding carboxylic acids is 1. The van der Waals surface area contributed by atoms with Crippen LogP contribution in [0, 0.1) is 5.41 Å². The lowest BCUT2D eigenvalue weighted by Crippen LogP contribution is -2.45. The monoisotopic (exact) mass is 199 g/mol. The highest BCUT2D eigenvalue weighted by Gasteiger charge is 2.28. The predicted octanol–water partition coefficient (Wildman–Crippen LogP) is 1.45. The van der Waals surface area contributed by atoms with E-state index in [1.165, 1.54) is 19.3 Å². The summed E-state index contributed by atoms with van der Waals surface area (Å²) in [7, 11) is 0. The van der Waals surface area contributed by atoms with Gasteiger partial charge < -0.3 is 10.4 Å². The first-order valence-corrected chi connectivity index (χ1v) is 5.48. The molecule has 14 heavy (non-hydrogen) atoms. The summed E-state index contributed by atoms with van der Waals surface area (Å²) in [5.41, 5.74) is -0.641. The summed E-state index contributed by atoms with van der Waals surface area (Å²) in [6.45, 7) is 3.45. The highest BCUT2D eigenvalue weighted by molar-refractivity contribution is 5.82. The van der Waals surface area contributed by atoms with E-state index in [0.717, 1.165) is 12.8 Å². The molecule has 0 saturated heterocycles. The van der Waals surface area contributed by atoms with Crippen LogP contribution in [-0.2, 0) is 4.79 Å². The Morgan fingerprint density at radius 3 is 2.43 bits per heavy atom. The quantitative estimate of drug-likeness (QED) is 0.723. The topological polar surface area (TPSA) is 49.3 Å². The van der Waals surface area contributed by atoms with Gasteiger partial charge in [-0.25, -0.2) is 0 Å². The van der Waals surface area contributed by atoms with Gasteiger partial charge in [0.2, 0.25) is 5.91 Å². The highest BCUT2D eigenvalue weighted by atomic mass is 16.3. The van der Waals surface area contributed by atoms with Crippen LogP contribution >= 0.6 is 0 Å². The van der Waals surface area contributed by atoms with Crippen molar-refractivity contribution >= 4 is 5.91 Å². The molecule has 0 aliphatic heterocycles. The van der Waals surface area contributed by atoms with Crippen LogP contribution in [0.3, 0.4) is 0 Å². The van der Waals surface area contributed by atoms with Crippen LogP contribution in [0.1, 0.15) is 46.0 Å². The molecule has 0 spiro atoms. The molecule has 0 heterocycles. The van der Waals surface area contributed by atoms with E-state index in [1.54, 1.807) is 13.8 Å². The summed E-state index contributed by atoms with van der Waals surface area (Å²) in [4.78, 5) is 11.7. The Labute approximate surface area is 85.9 Å². The lowest BCUT2D eigenvalue weighted by atomic mass is 9.90. The molecule has 0 aromatic carbocycles. The molecule has 1 rings (SSSR count). The van der Waals surface area contributed by atoms with Crippen molar-refractivity contribution in [2.24, 2.45) is 5.41 Å². The highest BCUT2D eigenvalue weighted by Crippen LogP contribution is 2.20. The van der Waals surface area contributed by atoms with Crippen molar-refractivity contribution in [3.63, 3.8) is 0 Å². The van der Waals surface area contributed by atoms with Gasteiger partial charge in [-0.1, -0.05) is 19.3 Å². The Bertz CT molecular complexity index is 195. The molecule has 0 unspecified atom stereocenters. The Hall–Kier alpha value is -0.570. The zero-order valence-corrected chi connectivity index (χ0v) is 9.18. The van der Waals surface area contributed by atoms with Crippen LogP contribution in [-0.4, -0.2) is 23.7 Å². The summed E-state index contributed by atoms with van der Waals surface area (Å²) >= 11 is 0. The molecule has 1 amide bonds. The van der Waals surface area contributed by atoms with Crippen LogP contribution in [0.25, 0.3) is 0 Å². The third-order valence-corrected chi connectivity index (χ3v) is 2.95. The standard InChI is InChI=1S/C11H21NO2/c1-11(2,8-13)10(14)12-9-6-4-3-5-7-9/h9,13H,3-8H2,1-2H3,(H,12,14). The molecular formula is C11H21NO2. The van der Waals surface area contributed by atoms with Crippen LogP contribution in [0.4, 0.5) is 0 Å². The molecule has 0 aromatic heterocycles. The number of rotatable bonds is 3. The second-order valence-electron chi connectivity index (χ2n) is 4.85. The number of hydrogen-bond acceptors (Lipinski definition) is 2. The van der Waals surface area contributed by atoms with Crippen molar-refractivity contribution in [3.8, 4) is 0 Å². The first-order valence-electron chi connectivity index (χ1n) is 5.48. The second-order valence-corrected chi connectivity index (χ2v) is 4.85. The van der Waals surface area contributed by atoms with Crippen LogP contribution in [0.2, 0.25) is 0 Å². The third-order valence-electron chi connectivity index (χ3n) is 2.95. The van der Waals surface area contributed by atoms with E-state index in [-0.39, 0.29) is 12.5 Å². The lowest BCUT2D eigenvalue weighted by Gasteiger charge is -2.28. The third kappa shape index (κ3) is 2.98. The molecule has 0 radical (unpaired) electrons. The van der Waals surface area contributed by atoms with Gasteiger partial charge in [0.1, 0.15) is 0 Å². The molecule has 0 atom stereocenters. The molecule has 0 aromatic rings. The maximum Gasteiger partial charge on any atom is 0.228 e. The largest absolute Gasteiger partial charge is 0.395 e. The zero-order valence-electron chi connectivity index (χ0n) is 9.18. The van der Waals surface area contributed by atoms with Crippen molar-refractivity contribution in [2.45, 2.75) is 52.0 Å². The second kappa shape index (κ2) is 4.78. The normalized spacial score (nSPS) is 19.4. The van der Waals surface area contributed by atoms with Gasteiger partial charge in [0.25, 0.3) is 0 Å². The van der Waals surface area contributed by atoms with Crippen molar-refractivity contribution < 1.29 is 9.90 Å². The van der Waals surface area contributed by atoms with E-state index in [0.29, 0.717) is 6.04 Å². The maximum absolute atomic E-state index is 11.7. The summed E-state index contributed by atoms with van der Waals surface area (Å²) < 4.78 is 0. The average Bonchev–Trinajstić information content (AvgIpc) is 2.19. The van der Waals surface area contributed by atoms with Gasteiger partial charge in [-0.15, -0.1) is 0 Å². The van der Waals surface area contributed by atoms with E-state index in [4.69, 9.17) is 5.11 Å². The summed E-state index contributed by atoms with van der Waals surface area (Å²) in [5, 5.41) is 12.0. The Kier molecular flexibility index (Phi) is 3.93. The van der Waals surface area contributed by atoms with Crippen molar-refractivity contribution in [3.05, 3.63) is 0 Å². The van der Waals surface area contributed by atoms with Gasteiger partial charge in [0.05, 0.1) is 12.0 Å².